The van der Waals surface area contributed by atoms with E-state index in [-0.39, 0.29) is 5.91 Å². The number of fused-ring (bicyclic) bond motifs is 7. The van der Waals surface area contributed by atoms with Gasteiger partial charge in [-0.05, 0) is 68.0 Å². The molecule has 0 unspecified atom stereocenters. The van der Waals surface area contributed by atoms with Crippen molar-refractivity contribution < 1.29 is 9.21 Å². The second-order valence-corrected chi connectivity index (χ2v) is 10.5. The van der Waals surface area contributed by atoms with Crippen molar-refractivity contribution in [2.75, 3.05) is 45.6 Å². The fourth-order valence-corrected chi connectivity index (χ4v) is 5.37. The molecule has 5 heterocycles. The van der Waals surface area contributed by atoms with Crippen molar-refractivity contribution in [3.05, 3.63) is 65.9 Å². The second kappa shape index (κ2) is 12.1. The summed E-state index contributed by atoms with van der Waals surface area (Å²) >= 11 is 1.63. The van der Waals surface area contributed by atoms with E-state index < -0.39 is 0 Å². The molecule has 1 aromatic carbocycles. The molecular weight excluding hydrogens is 496 g/mol. The Kier molecular flexibility index (Phi) is 8.19. The van der Waals surface area contributed by atoms with E-state index in [1.54, 1.807) is 24.1 Å². The average molecular weight is 529 g/mol. The number of hydrogen-bond acceptors (Lipinski definition) is 8. The number of rotatable bonds is 4. The molecule has 9 heteroatoms. The Labute approximate surface area is 227 Å². The molecule has 3 aliphatic heterocycles. The number of benzene rings is 1. The van der Waals surface area contributed by atoms with E-state index >= 15 is 0 Å². The Morgan fingerprint density at radius 1 is 1.18 bits per heavy atom. The molecule has 196 valence electrons. The molecule has 0 saturated carbocycles. The molecule has 2 aromatic heterocycles. The van der Waals surface area contributed by atoms with Gasteiger partial charge in [-0.25, -0.2) is 4.98 Å². The SMILES string of the molecule is CCSNc1ccc2c(c1)N1CCC(C/C=C/CCNc3nc(ccc3-c3occc3C#N)NC2=O)CC1. The van der Waals surface area contributed by atoms with Crippen LogP contribution in [-0.2, 0) is 0 Å². The predicted molar refractivity (Wildman–Crippen MR) is 155 cm³/mol. The summed E-state index contributed by atoms with van der Waals surface area (Å²) in [6.07, 6.45) is 10.1. The minimum Gasteiger partial charge on any atom is -0.463 e. The minimum absolute atomic E-state index is 0.204. The first-order chi connectivity index (χ1) is 18.7. The number of carbonyl (C=O) groups excluding carboxylic acids is 1. The molecule has 0 radical (unpaired) electrons. The molecule has 8 nitrogen and oxygen atoms in total. The van der Waals surface area contributed by atoms with Gasteiger partial charge in [0.1, 0.15) is 17.7 Å². The maximum atomic E-state index is 13.6. The van der Waals surface area contributed by atoms with Gasteiger partial charge in [-0.1, -0.05) is 31.0 Å². The molecule has 6 rings (SSSR count). The van der Waals surface area contributed by atoms with Gasteiger partial charge in [-0.15, -0.1) is 0 Å². The van der Waals surface area contributed by atoms with Gasteiger partial charge in [-0.3, -0.25) is 4.79 Å². The minimum atomic E-state index is -0.204. The zero-order valence-electron chi connectivity index (χ0n) is 21.5. The van der Waals surface area contributed by atoms with Gasteiger partial charge in [0, 0.05) is 31.1 Å². The second-order valence-electron chi connectivity index (χ2n) is 9.44. The summed E-state index contributed by atoms with van der Waals surface area (Å²) in [7, 11) is 0. The number of piperidine rings is 1. The third-order valence-corrected chi connectivity index (χ3v) is 7.61. The highest BCUT2D eigenvalue weighted by molar-refractivity contribution is 8.00. The van der Waals surface area contributed by atoms with Crippen LogP contribution in [0.3, 0.4) is 0 Å². The largest absolute Gasteiger partial charge is 0.463 e. The van der Waals surface area contributed by atoms with Crippen molar-refractivity contribution in [2.24, 2.45) is 5.92 Å². The fraction of sp³-hybridized carbons (Fsp3) is 0.345. The van der Waals surface area contributed by atoms with E-state index in [9.17, 15) is 10.1 Å². The first-order valence-electron chi connectivity index (χ1n) is 13.1. The van der Waals surface area contributed by atoms with E-state index in [1.165, 1.54) is 6.26 Å². The monoisotopic (exact) mass is 528 g/mol. The molecule has 1 saturated heterocycles. The number of aromatic nitrogens is 1. The average Bonchev–Trinajstić information content (AvgIpc) is 3.42. The number of nitriles is 1. The first kappa shape index (κ1) is 25.7. The summed E-state index contributed by atoms with van der Waals surface area (Å²) in [4.78, 5) is 20.6. The molecular formula is C29H32N6O2S. The third-order valence-electron chi connectivity index (χ3n) is 6.94. The van der Waals surface area contributed by atoms with Gasteiger partial charge in [0.25, 0.3) is 5.91 Å². The van der Waals surface area contributed by atoms with Gasteiger partial charge in [0.05, 0.1) is 28.6 Å². The Bertz CT molecular complexity index is 1350. The number of carbonyl (C=O) groups is 1. The Hall–Kier alpha value is -3.90. The molecule has 0 atom stereocenters. The number of amides is 1. The molecule has 1 amide bonds. The number of hydrogen-bond donors (Lipinski definition) is 3. The highest BCUT2D eigenvalue weighted by Crippen LogP contribution is 2.34. The van der Waals surface area contributed by atoms with E-state index in [2.05, 4.69) is 51.5 Å². The van der Waals surface area contributed by atoms with Crippen LogP contribution in [-0.4, -0.2) is 36.3 Å². The van der Waals surface area contributed by atoms with Crippen LogP contribution in [0.2, 0.25) is 0 Å². The van der Waals surface area contributed by atoms with Crippen molar-refractivity contribution in [1.29, 1.82) is 5.26 Å². The summed E-state index contributed by atoms with van der Waals surface area (Å²) in [5.74, 6) is 2.84. The number of nitrogens with one attached hydrogen (secondary N) is 3. The summed E-state index contributed by atoms with van der Waals surface area (Å²) < 4.78 is 9.00. The van der Waals surface area contributed by atoms with Crippen LogP contribution in [0.1, 0.15) is 48.5 Å². The quantitative estimate of drug-likeness (QED) is 0.259. The maximum Gasteiger partial charge on any atom is 0.258 e. The topological polar surface area (TPSA) is 106 Å². The Morgan fingerprint density at radius 3 is 2.84 bits per heavy atom. The Balaban J connectivity index is 1.51. The summed E-state index contributed by atoms with van der Waals surface area (Å²) in [5.41, 5.74) is 3.67. The number of nitrogens with zero attached hydrogens (tertiary/aromatic N) is 3. The van der Waals surface area contributed by atoms with Crippen molar-refractivity contribution in [3.63, 3.8) is 0 Å². The number of furan rings is 1. The molecule has 3 aromatic rings. The predicted octanol–water partition coefficient (Wildman–Crippen LogP) is 6.52. The molecule has 3 aliphatic rings. The number of allylic oxidation sites excluding steroid dienone is 1. The van der Waals surface area contributed by atoms with Crippen LogP contribution in [0.25, 0.3) is 11.3 Å². The third kappa shape index (κ3) is 5.81. The van der Waals surface area contributed by atoms with Gasteiger partial charge >= 0.3 is 0 Å². The Morgan fingerprint density at radius 2 is 2.03 bits per heavy atom. The van der Waals surface area contributed by atoms with Crippen molar-refractivity contribution in [1.82, 2.24) is 4.98 Å². The van der Waals surface area contributed by atoms with E-state index in [4.69, 9.17) is 9.40 Å². The van der Waals surface area contributed by atoms with Gasteiger partial charge in [0.2, 0.25) is 0 Å². The zero-order valence-corrected chi connectivity index (χ0v) is 22.3. The van der Waals surface area contributed by atoms with Gasteiger partial charge < -0.3 is 24.7 Å². The summed E-state index contributed by atoms with van der Waals surface area (Å²) in [6.45, 7) is 4.62. The maximum absolute atomic E-state index is 13.6. The lowest BCUT2D eigenvalue weighted by Crippen LogP contribution is -2.35. The molecule has 1 fully saturated rings. The van der Waals surface area contributed by atoms with Crippen LogP contribution < -0.4 is 20.3 Å². The van der Waals surface area contributed by atoms with Crippen LogP contribution in [0.5, 0.6) is 0 Å². The molecule has 4 bridgehead atoms. The molecule has 0 aliphatic carbocycles. The molecule has 0 spiro atoms. The summed E-state index contributed by atoms with van der Waals surface area (Å²) in [6, 6.07) is 13.3. The van der Waals surface area contributed by atoms with Crippen molar-refractivity contribution in [3.8, 4) is 17.4 Å². The van der Waals surface area contributed by atoms with Gasteiger partial charge in [0.15, 0.2) is 5.76 Å². The normalized spacial score (nSPS) is 17.1. The van der Waals surface area contributed by atoms with Crippen LogP contribution in [0.15, 0.2) is 59.2 Å². The zero-order chi connectivity index (χ0) is 26.3. The smallest absolute Gasteiger partial charge is 0.258 e. The van der Waals surface area contributed by atoms with E-state index in [0.29, 0.717) is 46.5 Å². The highest BCUT2D eigenvalue weighted by Gasteiger charge is 2.24. The lowest BCUT2D eigenvalue weighted by Gasteiger charge is -2.34. The van der Waals surface area contributed by atoms with Crippen LogP contribution >= 0.6 is 11.9 Å². The lowest BCUT2D eigenvalue weighted by atomic mass is 9.92. The number of pyridine rings is 1. The number of anilines is 4. The lowest BCUT2D eigenvalue weighted by molar-refractivity contribution is 0.102. The first-order valence-corrected chi connectivity index (χ1v) is 14.1. The fourth-order valence-electron chi connectivity index (χ4n) is 4.93. The standard InChI is InChI=1S/C29H32N6O2S/c1-2-38-34-22-7-8-23-25(18-22)35-15-11-20(12-16-35)6-4-3-5-14-31-28-24(27-21(19-30)13-17-37-27)9-10-26(32-28)33-29(23)36/h3-4,7-10,13,17-18,20,34H,2,5-6,11-12,14-16H2,1H3,(H2,31,32,33,36)/b4-3+. The molecule has 38 heavy (non-hydrogen) atoms. The highest BCUT2D eigenvalue weighted by atomic mass is 32.2. The van der Waals surface area contributed by atoms with Crippen LogP contribution in [0, 0.1) is 17.2 Å². The van der Waals surface area contributed by atoms with Gasteiger partial charge in [-0.2, -0.15) is 5.26 Å². The summed E-state index contributed by atoms with van der Waals surface area (Å²) in [5, 5.41) is 15.9. The van der Waals surface area contributed by atoms with E-state index in [1.807, 2.05) is 18.2 Å². The van der Waals surface area contributed by atoms with Crippen molar-refractivity contribution >= 4 is 40.9 Å². The van der Waals surface area contributed by atoms with E-state index in [0.717, 1.165) is 55.9 Å². The van der Waals surface area contributed by atoms with Crippen molar-refractivity contribution in [2.45, 2.75) is 32.6 Å². The molecule has 3 N–H and O–H groups in total. The van der Waals surface area contributed by atoms with Crippen LogP contribution in [0.4, 0.5) is 23.0 Å².